The van der Waals surface area contributed by atoms with E-state index in [0.29, 0.717) is 26.3 Å². The van der Waals surface area contributed by atoms with E-state index in [1.54, 1.807) is 4.90 Å². The van der Waals surface area contributed by atoms with Gasteiger partial charge in [-0.05, 0) is 19.8 Å². The van der Waals surface area contributed by atoms with Crippen LogP contribution >= 0.6 is 0 Å². The van der Waals surface area contributed by atoms with E-state index in [0.717, 1.165) is 12.8 Å². The number of fused-ring (bicyclic) bond motifs is 1. The Bertz CT molecular complexity index is 976. The normalized spacial score (nSPS) is 17.7. The molecule has 0 unspecified atom stereocenters. The topological polar surface area (TPSA) is 71.8 Å². The summed E-state index contributed by atoms with van der Waals surface area (Å²) >= 11 is 0. The number of carboxylic acids is 1. The van der Waals surface area contributed by atoms with Crippen molar-refractivity contribution in [1.82, 2.24) is 4.57 Å². The van der Waals surface area contributed by atoms with Crippen molar-refractivity contribution in [2.75, 3.05) is 31.2 Å². The van der Waals surface area contributed by atoms with Gasteiger partial charge < -0.3 is 19.3 Å². The molecular weight excluding hydrogens is 346 g/mol. The van der Waals surface area contributed by atoms with Crippen LogP contribution in [0.25, 0.3) is 10.9 Å². The molecule has 2 heterocycles. The van der Waals surface area contributed by atoms with E-state index in [1.807, 2.05) is 0 Å². The van der Waals surface area contributed by atoms with Crippen LogP contribution in [0.3, 0.4) is 0 Å². The number of nitrogens with zero attached hydrogens (tertiary/aromatic N) is 2. The Hall–Kier alpha value is -2.48. The van der Waals surface area contributed by atoms with Crippen molar-refractivity contribution >= 4 is 22.6 Å². The number of pyridine rings is 1. The average Bonchev–Trinajstić information content (AvgIpc) is 3.45. The smallest absolute Gasteiger partial charge is 0.341 e. The highest BCUT2D eigenvalue weighted by atomic mass is 19.1. The van der Waals surface area contributed by atoms with Crippen LogP contribution < -0.4 is 10.3 Å². The number of rotatable bonds is 3. The Labute approximate surface area is 147 Å². The summed E-state index contributed by atoms with van der Waals surface area (Å²) < 4.78 is 37.2. The first kappa shape index (κ1) is 17.0. The molecule has 138 valence electrons. The predicted octanol–water partition coefficient (Wildman–Crippen LogP) is 2.46. The molecule has 6 nitrogen and oxygen atoms in total. The summed E-state index contributed by atoms with van der Waals surface area (Å²) in [5, 5.41) is 9.13. The Morgan fingerprint density at radius 3 is 2.46 bits per heavy atom. The van der Waals surface area contributed by atoms with Crippen LogP contribution in [0.2, 0.25) is 0 Å². The second-order valence-electron chi connectivity index (χ2n) is 6.74. The summed E-state index contributed by atoms with van der Waals surface area (Å²) in [4.78, 5) is 25.6. The van der Waals surface area contributed by atoms with Gasteiger partial charge in [0.2, 0.25) is 5.43 Å². The van der Waals surface area contributed by atoms with Gasteiger partial charge in [-0.2, -0.15) is 0 Å². The largest absolute Gasteiger partial charge is 0.477 e. The molecule has 2 aliphatic rings. The van der Waals surface area contributed by atoms with Gasteiger partial charge in [0, 0.05) is 30.9 Å². The average molecular weight is 364 g/mol. The number of hydrogen-bond donors (Lipinski definition) is 1. The molecule has 1 N–H and O–H groups in total. The van der Waals surface area contributed by atoms with Crippen LogP contribution in [0.4, 0.5) is 14.5 Å². The zero-order valence-electron chi connectivity index (χ0n) is 14.2. The number of halogens is 2. The molecule has 1 aromatic carbocycles. The van der Waals surface area contributed by atoms with Gasteiger partial charge in [0.1, 0.15) is 11.3 Å². The SMILES string of the molecule is Cc1c(F)c(N2CCOCC2)c(F)c2c1c(=O)c(C(=O)O)cn2C1CC1. The summed E-state index contributed by atoms with van der Waals surface area (Å²) in [7, 11) is 0. The molecule has 0 radical (unpaired) electrons. The van der Waals surface area contributed by atoms with Gasteiger partial charge in [0.05, 0.1) is 24.1 Å². The van der Waals surface area contributed by atoms with Crippen molar-refractivity contribution in [3.05, 3.63) is 39.2 Å². The zero-order valence-corrected chi connectivity index (χ0v) is 14.2. The van der Waals surface area contributed by atoms with E-state index in [9.17, 15) is 14.7 Å². The Morgan fingerprint density at radius 2 is 1.88 bits per heavy atom. The molecule has 1 saturated carbocycles. The molecule has 0 amide bonds. The summed E-state index contributed by atoms with van der Waals surface area (Å²) in [6.45, 7) is 2.82. The van der Waals surface area contributed by atoms with Crippen molar-refractivity contribution in [3.8, 4) is 0 Å². The number of hydrogen-bond acceptors (Lipinski definition) is 4. The monoisotopic (exact) mass is 364 g/mol. The minimum atomic E-state index is -1.40. The van der Waals surface area contributed by atoms with Gasteiger partial charge in [0.25, 0.3) is 0 Å². The van der Waals surface area contributed by atoms with Crippen LogP contribution in [-0.4, -0.2) is 41.9 Å². The molecule has 8 heteroatoms. The molecule has 0 spiro atoms. The lowest BCUT2D eigenvalue weighted by Crippen LogP contribution is -2.37. The van der Waals surface area contributed by atoms with E-state index < -0.39 is 28.6 Å². The number of aryl methyl sites for hydroxylation is 1. The number of ether oxygens (including phenoxy) is 1. The lowest BCUT2D eigenvalue weighted by atomic mass is 10.0. The second kappa shape index (κ2) is 6.05. The minimum Gasteiger partial charge on any atom is -0.477 e. The van der Waals surface area contributed by atoms with Crippen molar-refractivity contribution in [1.29, 1.82) is 0 Å². The summed E-state index contributed by atoms with van der Waals surface area (Å²) in [5.74, 6) is -3.03. The number of aromatic carboxylic acids is 1. The highest BCUT2D eigenvalue weighted by Crippen LogP contribution is 2.40. The standard InChI is InChI=1S/C18H18F2N2O4/c1-9-12-15(14(20)16(13(9)19)21-4-6-26-7-5-21)22(10-2-3-10)8-11(17(12)23)18(24)25/h8,10H,2-7H2,1H3,(H,24,25). The van der Waals surface area contributed by atoms with Crippen LogP contribution in [0.15, 0.2) is 11.0 Å². The highest BCUT2D eigenvalue weighted by Gasteiger charge is 2.32. The van der Waals surface area contributed by atoms with Gasteiger partial charge in [-0.25, -0.2) is 13.6 Å². The highest BCUT2D eigenvalue weighted by molar-refractivity contribution is 5.95. The number of anilines is 1. The molecule has 0 bridgehead atoms. The van der Waals surface area contributed by atoms with E-state index in [-0.39, 0.29) is 28.2 Å². The van der Waals surface area contributed by atoms with E-state index >= 15 is 8.78 Å². The number of morpholine rings is 1. The molecule has 1 aliphatic heterocycles. The first-order chi connectivity index (χ1) is 12.4. The maximum atomic E-state index is 15.4. The summed E-state index contributed by atoms with van der Waals surface area (Å²) in [6.07, 6.45) is 2.72. The van der Waals surface area contributed by atoms with Gasteiger partial charge in [-0.3, -0.25) is 4.79 Å². The fourth-order valence-electron chi connectivity index (χ4n) is 3.56. The van der Waals surface area contributed by atoms with E-state index in [1.165, 1.54) is 17.7 Å². The first-order valence-corrected chi connectivity index (χ1v) is 8.54. The minimum absolute atomic E-state index is 0.0112. The molecule has 1 aromatic heterocycles. The van der Waals surface area contributed by atoms with Crippen molar-refractivity contribution < 1.29 is 23.4 Å². The molecule has 1 saturated heterocycles. The molecule has 1 aliphatic carbocycles. The molecule has 2 aromatic rings. The third kappa shape index (κ3) is 2.47. The lowest BCUT2D eigenvalue weighted by Gasteiger charge is -2.30. The predicted molar refractivity (Wildman–Crippen MR) is 91.1 cm³/mol. The summed E-state index contributed by atoms with van der Waals surface area (Å²) in [5.41, 5.74) is -1.53. The van der Waals surface area contributed by atoms with Crippen molar-refractivity contribution in [3.63, 3.8) is 0 Å². The van der Waals surface area contributed by atoms with E-state index in [4.69, 9.17) is 4.74 Å². The number of carbonyl (C=O) groups is 1. The lowest BCUT2D eigenvalue weighted by molar-refractivity contribution is 0.0694. The first-order valence-electron chi connectivity index (χ1n) is 8.54. The maximum Gasteiger partial charge on any atom is 0.341 e. The Morgan fingerprint density at radius 1 is 1.23 bits per heavy atom. The van der Waals surface area contributed by atoms with Crippen molar-refractivity contribution in [2.24, 2.45) is 0 Å². The third-order valence-electron chi connectivity index (χ3n) is 5.06. The zero-order chi connectivity index (χ0) is 18.6. The van der Waals surface area contributed by atoms with Gasteiger partial charge >= 0.3 is 5.97 Å². The molecule has 2 fully saturated rings. The second-order valence-corrected chi connectivity index (χ2v) is 6.74. The Balaban J connectivity index is 2.09. The molecule has 4 rings (SSSR count). The van der Waals surface area contributed by atoms with Crippen LogP contribution in [0, 0.1) is 18.6 Å². The third-order valence-corrected chi connectivity index (χ3v) is 5.06. The van der Waals surface area contributed by atoms with Crippen molar-refractivity contribution in [2.45, 2.75) is 25.8 Å². The van der Waals surface area contributed by atoms with Gasteiger partial charge in [-0.15, -0.1) is 0 Å². The van der Waals surface area contributed by atoms with Crippen LogP contribution in [0.1, 0.15) is 34.8 Å². The quantitative estimate of drug-likeness (QED) is 0.906. The molecule has 0 atom stereocenters. The van der Waals surface area contributed by atoms with Crippen LogP contribution in [-0.2, 0) is 4.74 Å². The fraction of sp³-hybridized carbons (Fsp3) is 0.444. The fourth-order valence-corrected chi connectivity index (χ4v) is 3.56. The molecular formula is C18H18F2N2O4. The summed E-state index contributed by atoms with van der Waals surface area (Å²) in [6, 6.07) is -0.0758. The number of aromatic nitrogens is 1. The Kier molecular flexibility index (Phi) is 3.95. The van der Waals surface area contributed by atoms with Gasteiger partial charge in [0.15, 0.2) is 11.6 Å². The number of benzene rings is 1. The van der Waals surface area contributed by atoms with E-state index in [2.05, 4.69) is 0 Å². The maximum absolute atomic E-state index is 15.4. The van der Waals surface area contributed by atoms with Gasteiger partial charge in [-0.1, -0.05) is 0 Å². The molecule has 26 heavy (non-hydrogen) atoms. The van der Waals surface area contributed by atoms with Crippen LogP contribution in [0.5, 0.6) is 0 Å². The number of carboxylic acid groups (broad SMARTS) is 1.